The molecule has 1 aromatic carbocycles. The minimum Gasteiger partial charge on any atom is -0.462 e. The highest BCUT2D eigenvalue weighted by Gasteiger charge is 2.25. The number of hydrogen-bond donors (Lipinski definition) is 2. The van der Waals surface area contributed by atoms with Gasteiger partial charge in [-0.1, -0.05) is 37.3 Å². The lowest BCUT2D eigenvalue weighted by atomic mass is 10.1. The predicted octanol–water partition coefficient (Wildman–Crippen LogP) is 3.99. The van der Waals surface area contributed by atoms with Crippen LogP contribution in [0.3, 0.4) is 0 Å². The Labute approximate surface area is 182 Å². The number of hydrogen-bond acceptors (Lipinski definition) is 6. The molecule has 0 aliphatic carbocycles. The maximum atomic E-state index is 12.8. The molecule has 2 N–H and O–H groups in total. The molecule has 0 saturated carbocycles. The highest BCUT2D eigenvalue weighted by molar-refractivity contribution is 7.20. The number of likely N-dealkylation sites (N-methyl/N-ethyl adjacent to an activating group) is 1. The summed E-state index contributed by atoms with van der Waals surface area (Å²) in [5.41, 5.74) is 1.40. The van der Waals surface area contributed by atoms with Gasteiger partial charge in [0.25, 0.3) is 0 Å². The fourth-order valence-electron chi connectivity index (χ4n) is 3.76. The Morgan fingerprint density at radius 3 is 2.73 bits per heavy atom. The zero-order valence-corrected chi connectivity index (χ0v) is 18.8. The maximum absolute atomic E-state index is 12.8. The Kier molecular flexibility index (Phi) is 8.01. The van der Waals surface area contributed by atoms with E-state index in [-0.39, 0.29) is 18.6 Å². The second-order valence-corrected chi connectivity index (χ2v) is 8.54. The molecule has 3 rings (SSSR count). The van der Waals surface area contributed by atoms with Gasteiger partial charge in [0, 0.05) is 17.5 Å². The van der Waals surface area contributed by atoms with Crippen molar-refractivity contribution in [2.45, 2.75) is 45.7 Å². The zero-order valence-electron chi connectivity index (χ0n) is 17.9. The number of amides is 1. The number of esters is 1. The first-order chi connectivity index (χ1) is 14.5. The molecule has 30 heavy (non-hydrogen) atoms. The summed E-state index contributed by atoms with van der Waals surface area (Å²) in [6, 6.07) is 11.7. The first kappa shape index (κ1) is 22.5. The third-order valence-electron chi connectivity index (χ3n) is 5.48. The van der Waals surface area contributed by atoms with Gasteiger partial charge < -0.3 is 15.4 Å². The molecule has 1 saturated heterocycles. The average Bonchev–Trinajstić information content (AvgIpc) is 3.39. The number of rotatable bonds is 9. The van der Waals surface area contributed by atoms with Crippen LogP contribution in [-0.2, 0) is 9.53 Å². The average molecular weight is 430 g/mol. The van der Waals surface area contributed by atoms with Gasteiger partial charge in [0.2, 0.25) is 5.91 Å². The van der Waals surface area contributed by atoms with Gasteiger partial charge in [-0.25, -0.2) is 4.79 Å². The molecule has 2 atom stereocenters. The molecule has 1 fully saturated rings. The lowest BCUT2D eigenvalue weighted by Crippen LogP contribution is -2.45. The summed E-state index contributed by atoms with van der Waals surface area (Å²) in [6.07, 6.45) is 2.37. The number of likely N-dealkylation sites (tertiary alicyclic amines) is 1. The SMILES string of the molecule is CCOC(=O)c1cc(-c2ccccc2)sc1NC(=O)[C@@H](C)NC[C@H]1CCCN1CC. The number of carbonyl (C=O) groups is 2. The van der Waals surface area contributed by atoms with Crippen LogP contribution < -0.4 is 10.6 Å². The fraction of sp³-hybridized carbons (Fsp3) is 0.478. The van der Waals surface area contributed by atoms with Crippen molar-refractivity contribution in [3.05, 3.63) is 42.0 Å². The second-order valence-electron chi connectivity index (χ2n) is 7.48. The number of anilines is 1. The van der Waals surface area contributed by atoms with Crippen LogP contribution in [0.5, 0.6) is 0 Å². The molecule has 6 nitrogen and oxygen atoms in total. The summed E-state index contributed by atoms with van der Waals surface area (Å²) < 4.78 is 5.19. The molecule has 0 spiro atoms. The topological polar surface area (TPSA) is 70.7 Å². The number of nitrogens with zero attached hydrogens (tertiary/aromatic N) is 1. The number of benzene rings is 1. The van der Waals surface area contributed by atoms with Gasteiger partial charge in [-0.15, -0.1) is 11.3 Å². The molecule has 162 valence electrons. The van der Waals surface area contributed by atoms with Crippen molar-refractivity contribution in [1.82, 2.24) is 10.2 Å². The monoisotopic (exact) mass is 429 g/mol. The number of thiophene rings is 1. The van der Waals surface area contributed by atoms with Crippen molar-refractivity contribution < 1.29 is 14.3 Å². The van der Waals surface area contributed by atoms with Gasteiger partial charge in [-0.2, -0.15) is 0 Å². The minimum absolute atomic E-state index is 0.150. The largest absolute Gasteiger partial charge is 0.462 e. The lowest BCUT2D eigenvalue weighted by Gasteiger charge is -2.24. The van der Waals surface area contributed by atoms with Crippen LogP contribution in [0, 0.1) is 0 Å². The number of carbonyl (C=O) groups excluding carboxylic acids is 2. The van der Waals surface area contributed by atoms with Crippen molar-refractivity contribution in [1.29, 1.82) is 0 Å². The summed E-state index contributed by atoms with van der Waals surface area (Å²) in [7, 11) is 0. The third kappa shape index (κ3) is 5.47. The van der Waals surface area contributed by atoms with E-state index in [1.165, 1.54) is 17.8 Å². The minimum atomic E-state index is -0.420. The molecule has 0 bridgehead atoms. The van der Waals surface area contributed by atoms with E-state index in [1.807, 2.05) is 37.3 Å². The van der Waals surface area contributed by atoms with Gasteiger partial charge in [-0.3, -0.25) is 9.69 Å². The Hall–Kier alpha value is -2.22. The summed E-state index contributed by atoms with van der Waals surface area (Å²) in [6.45, 7) is 9.04. The molecule has 2 heterocycles. The second kappa shape index (κ2) is 10.7. The van der Waals surface area contributed by atoms with Gasteiger partial charge >= 0.3 is 5.97 Å². The van der Waals surface area contributed by atoms with E-state index in [2.05, 4.69) is 22.5 Å². The molecule has 1 aromatic heterocycles. The number of nitrogens with one attached hydrogen (secondary N) is 2. The molecule has 1 aliphatic rings. The third-order valence-corrected chi connectivity index (χ3v) is 6.58. The van der Waals surface area contributed by atoms with E-state index in [1.54, 1.807) is 13.0 Å². The Morgan fingerprint density at radius 1 is 1.27 bits per heavy atom. The van der Waals surface area contributed by atoms with Crippen molar-refractivity contribution in [3.63, 3.8) is 0 Å². The van der Waals surface area contributed by atoms with E-state index < -0.39 is 5.97 Å². The van der Waals surface area contributed by atoms with Crippen LogP contribution in [0.4, 0.5) is 5.00 Å². The first-order valence-electron chi connectivity index (χ1n) is 10.7. The summed E-state index contributed by atoms with van der Waals surface area (Å²) in [4.78, 5) is 28.6. The van der Waals surface area contributed by atoms with Crippen LogP contribution in [0.1, 0.15) is 44.0 Å². The standard InChI is InChI=1S/C23H31N3O3S/c1-4-26-13-9-12-18(26)15-24-16(3)21(27)25-22-19(23(28)29-5-2)14-20(30-22)17-10-7-6-8-11-17/h6-8,10-11,14,16,18,24H,4-5,9,12-13,15H2,1-3H3,(H,25,27)/t16-,18-/m1/s1. The Bertz CT molecular complexity index is 853. The van der Waals surface area contributed by atoms with Crippen molar-refractivity contribution in [2.75, 3.05) is 31.6 Å². The fourth-order valence-corrected chi connectivity index (χ4v) is 4.81. The Balaban J connectivity index is 1.69. The van der Waals surface area contributed by atoms with Crippen LogP contribution in [0.15, 0.2) is 36.4 Å². The zero-order chi connectivity index (χ0) is 21.5. The Morgan fingerprint density at radius 2 is 2.03 bits per heavy atom. The molecular formula is C23H31N3O3S. The van der Waals surface area contributed by atoms with E-state index in [9.17, 15) is 9.59 Å². The smallest absolute Gasteiger partial charge is 0.341 e. The predicted molar refractivity (Wildman–Crippen MR) is 122 cm³/mol. The molecule has 7 heteroatoms. The molecular weight excluding hydrogens is 398 g/mol. The van der Waals surface area contributed by atoms with Crippen molar-refractivity contribution >= 4 is 28.2 Å². The van der Waals surface area contributed by atoms with Gasteiger partial charge in [-0.05, 0) is 51.4 Å². The number of ether oxygens (including phenoxy) is 1. The van der Waals surface area contributed by atoms with Gasteiger partial charge in [0.1, 0.15) is 5.00 Å². The summed E-state index contributed by atoms with van der Waals surface area (Å²) in [5, 5.41) is 6.83. The van der Waals surface area contributed by atoms with Crippen LogP contribution >= 0.6 is 11.3 Å². The van der Waals surface area contributed by atoms with Crippen LogP contribution in [0.25, 0.3) is 10.4 Å². The van der Waals surface area contributed by atoms with E-state index in [4.69, 9.17) is 4.74 Å². The quantitative estimate of drug-likeness (QED) is 0.590. The molecule has 1 aliphatic heterocycles. The molecule has 2 aromatic rings. The summed E-state index contributed by atoms with van der Waals surface area (Å²) >= 11 is 1.39. The molecule has 1 amide bonds. The highest BCUT2D eigenvalue weighted by atomic mass is 32.1. The van der Waals surface area contributed by atoms with Crippen molar-refractivity contribution in [2.24, 2.45) is 0 Å². The van der Waals surface area contributed by atoms with E-state index in [0.717, 1.165) is 36.5 Å². The van der Waals surface area contributed by atoms with Crippen LogP contribution in [0.2, 0.25) is 0 Å². The van der Waals surface area contributed by atoms with E-state index >= 15 is 0 Å². The molecule has 0 unspecified atom stereocenters. The van der Waals surface area contributed by atoms with Gasteiger partial charge in [0.15, 0.2) is 0 Å². The van der Waals surface area contributed by atoms with Crippen LogP contribution in [-0.4, -0.2) is 55.1 Å². The maximum Gasteiger partial charge on any atom is 0.341 e. The normalized spacial score (nSPS) is 17.6. The molecule has 0 radical (unpaired) electrons. The lowest BCUT2D eigenvalue weighted by molar-refractivity contribution is -0.117. The summed E-state index contributed by atoms with van der Waals surface area (Å²) in [5.74, 6) is -0.570. The van der Waals surface area contributed by atoms with Gasteiger partial charge in [0.05, 0.1) is 18.2 Å². The first-order valence-corrected chi connectivity index (χ1v) is 11.5. The highest BCUT2D eigenvalue weighted by Crippen LogP contribution is 2.36. The van der Waals surface area contributed by atoms with Crippen molar-refractivity contribution in [3.8, 4) is 10.4 Å². The van der Waals surface area contributed by atoms with E-state index in [0.29, 0.717) is 16.6 Å².